The molecule has 2 unspecified atom stereocenters. The molecule has 0 spiro atoms. The Morgan fingerprint density at radius 2 is 0.797 bits per heavy atom. The van der Waals surface area contributed by atoms with Gasteiger partial charge in [-0.1, -0.05) is 231 Å². The molecular formula is C54H106NO8P. The standard InChI is InChI=1S/C54H106NO8P/c1-6-8-10-12-14-16-18-20-22-24-26-27-29-31-33-35-37-39-41-43-45-47-54(57)63-52(51-62-64(58,59)61-49-48-55(3,4)5)50-60-53(56)46-44-42-40-38-36-34-32-30-28-25-23-21-19-17-15-13-11-9-7-2/h24,26,52H,6-23,25,27-51H2,1-5H3/b26-24-. The summed E-state index contributed by atoms with van der Waals surface area (Å²) in [6.07, 6.45) is 52.4. The van der Waals surface area contributed by atoms with Crippen molar-refractivity contribution in [3.05, 3.63) is 12.2 Å². The fourth-order valence-corrected chi connectivity index (χ4v) is 8.73. The first-order valence-corrected chi connectivity index (χ1v) is 28.9. The van der Waals surface area contributed by atoms with Crippen molar-refractivity contribution in [1.29, 1.82) is 0 Å². The van der Waals surface area contributed by atoms with Crippen molar-refractivity contribution in [3.63, 3.8) is 0 Å². The summed E-state index contributed by atoms with van der Waals surface area (Å²) in [7, 11) is 1.18. The van der Waals surface area contributed by atoms with Crippen molar-refractivity contribution < 1.29 is 42.1 Å². The first-order valence-electron chi connectivity index (χ1n) is 27.4. The van der Waals surface area contributed by atoms with Crippen LogP contribution in [0.2, 0.25) is 0 Å². The molecule has 0 saturated heterocycles. The molecule has 0 rings (SSSR count). The lowest BCUT2D eigenvalue weighted by Crippen LogP contribution is -2.37. The number of esters is 2. The normalized spacial score (nSPS) is 13.4. The fraction of sp³-hybridized carbons (Fsp3) is 0.926. The number of hydrogen-bond donors (Lipinski definition) is 0. The number of unbranched alkanes of at least 4 members (excludes halogenated alkanes) is 35. The maximum Gasteiger partial charge on any atom is 0.306 e. The van der Waals surface area contributed by atoms with Gasteiger partial charge in [0, 0.05) is 12.8 Å². The summed E-state index contributed by atoms with van der Waals surface area (Å²) in [6.45, 7) is 4.29. The van der Waals surface area contributed by atoms with Gasteiger partial charge < -0.3 is 27.9 Å². The van der Waals surface area contributed by atoms with Crippen molar-refractivity contribution in [2.75, 3.05) is 47.5 Å². The Morgan fingerprint density at radius 1 is 0.469 bits per heavy atom. The number of rotatable bonds is 51. The van der Waals surface area contributed by atoms with E-state index in [1.807, 2.05) is 21.1 Å². The SMILES string of the molecule is CCCCCCCCCC/C=C\CCCCCCCCCCCC(=O)OC(COC(=O)CCCCCCCCCCCCCCCCCCCCC)COP(=O)([O-])OCC[N+](C)(C)C. The lowest BCUT2D eigenvalue weighted by atomic mass is 10.0. The number of quaternary nitrogens is 1. The molecule has 0 aliphatic heterocycles. The zero-order valence-corrected chi connectivity index (χ0v) is 43.9. The Labute approximate surface area is 396 Å². The van der Waals surface area contributed by atoms with E-state index in [-0.39, 0.29) is 32.0 Å². The Balaban J connectivity index is 4.18. The highest BCUT2D eigenvalue weighted by molar-refractivity contribution is 7.45. The van der Waals surface area contributed by atoms with Crippen LogP contribution in [0.15, 0.2) is 12.2 Å². The van der Waals surface area contributed by atoms with Crippen LogP contribution in [0.4, 0.5) is 0 Å². The molecule has 0 saturated carbocycles. The molecular weight excluding hydrogens is 822 g/mol. The summed E-state index contributed by atoms with van der Waals surface area (Å²) in [5.74, 6) is -0.819. The van der Waals surface area contributed by atoms with E-state index in [0.717, 1.165) is 38.5 Å². The van der Waals surface area contributed by atoms with E-state index in [1.54, 1.807) is 0 Å². The van der Waals surface area contributed by atoms with Crippen molar-refractivity contribution in [2.24, 2.45) is 0 Å². The lowest BCUT2D eigenvalue weighted by molar-refractivity contribution is -0.870. The molecule has 0 radical (unpaired) electrons. The monoisotopic (exact) mass is 928 g/mol. The van der Waals surface area contributed by atoms with Crippen LogP contribution in [0.25, 0.3) is 0 Å². The number of allylic oxidation sites excluding steroid dienone is 2. The summed E-state index contributed by atoms with van der Waals surface area (Å²) in [6, 6.07) is 0. The molecule has 0 aromatic carbocycles. The van der Waals surface area contributed by atoms with E-state index >= 15 is 0 Å². The smallest absolute Gasteiger partial charge is 0.306 e. The minimum Gasteiger partial charge on any atom is -0.756 e. The summed E-state index contributed by atoms with van der Waals surface area (Å²) < 4.78 is 34.1. The van der Waals surface area contributed by atoms with Crippen LogP contribution in [0.5, 0.6) is 0 Å². The Morgan fingerprint density at radius 3 is 1.16 bits per heavy atom. The molecule has 0 fully saturated rings. The van der Waals surface area contributed by atoms with Gasteiger partial charge in [0.25, 0.3) is 7.82 Å². The Hall–Kier alpha value is -1.25. The number of ether oxygens (including phenoxy) is 2. The minimum absolute atomic E-state index is 0.0275. The molecule has 0 heterocycles. The number of carbonyl (C=O) groups excluding carboxylic acids is 2. The van der Waals surface area contributed by atoms with Crippen molar-refractivity contribution >= 4 is 19.8 Å². The molecule has 0 aliphatic carbocycles. The van der Waals surface area contributed by atoms with Crippen molar-refractivity contribution in [1.82, 2.24) is 0 Å². The summed E-state index contributed by atoms with van der Waals surface area (Å²) >= 11 is 0. The molecule has 0 N–H and O–H groups in total. The van der Waals surface area contributed by atoms with E-state index < -0.39 is 26.5 Å². The average Bonchev–Trinajstić information content (AvgIpc) is 3.25. The van der Waals surface area contributed by atoms with Gasteiger partial charge in [0.1, 0.15) is 19.8 Å². The fourth-order valence-electron chi connectivity index (χ4n) is 8.01. The van der Waals surface area contributed by atoms with Gasteiger partial charge >= 0.3 is 11.9 Å². The second-order valence-corrected chi connectivity index (χ2v) is 21.4. The molecule has 0 aromatic rings. The molecule has 0 amide bonds. The highest BCUT2D eigenvalue weighted by atomic mass is 31.2. The molecule has 0 aliphatic rings. The highest BCUT2D eigenvalue weighted by Gasteiger charge is 2.21. The van der Waals surface area contributed by atoms with Crippen LogP contribution in [0, 0.1) is 0 Å². The largest absolute Gasteiger partial charge is 0.756 e. The molecule has 0 bridgehead atoms. The predicted octanol–water partition coefficient (Wildman–Crippen LogP) is 15.8. The van der Waals surface area contributed by atoms with E-state index in [9.17, 15) is 19.0 Å². The van der Waals surface area contributed by atoms with Gasteiger partial charge in [-0.15, -0.1) is 0 Å². The summed E-state index contributed by atoms with van der Waals surface area (Å²) in [5.41, 5.74) is 0. The third kappa shape index (κ3) is 50.2. The van der Waals surface area contributed by atoms with Gasteiger partial charge in [-0.3, -0.25) is 14.2 Å². The second kappa shape index (κ2) is 46.8. The van der Waals surface area contributed by atoms with E-state index in [2.05, 4.69) is 26.0 Å². The van der Waals surface area contributed by atoms with Crippen LogP contribution < -0.4 is 4.89 Å². The van der Waals surface area contributed by atoms with E-state index in [4.69, 9.17) is 18.5 Å². The highest BCUT2D eigenvalue weighted by Crippen LogP contribution is 2.38. The Bertz CT molecular complexity index is 1100. The van der Waals surface area contributed by atoms with E-state index in [1.165, 1.54) is 199 Å². The van der Waals surface area contributed by atoms with E-state index in [0.29, 0.717) is 17.4 Å². The van der Waals surface area contributed by atoms with Gasteiger partial charge in [0.05, 0.1) is 27.7 Å². The van der Waals surface area contributed by atoms with Gasteiger partial charge in [0.2, 0.25) is 0 Å². The molecule has 2 atom stereocenters. The van der Waals surface area contributed by atoms with Crippen LogP contribution in [0.1, 0.15) is 271 Å². The third-order valence-corrected chi connectivity index (χ3v) is 13.2. The van der Waals surface area contributed by atoms with Crippen molar-refractivity contribution in [3.8, 4) is 0 Å². The zero-order valence-electron chi connectivity index (χ0n) is 43.0. The topological polar surface area (TPSA) is 111 Å². The zero-order chi connectivity index (χ0) is 47.1. The predicted molar refractivity (Wildman–Crippen MR) is 268 cm³/mol. The number of likely N-dealkylation sites (N-methyl/N-ethyl adjacent to an activating group) is 1. The lowest BCUT2D eigenvalue weighted by Gasteiger charge is -2.28. The van der Waals surface area contributed by atoms with Crippen molar-refractivity contribution in [2.45, 2.75) is 277 Å². The third-order valence-electron chi connectivity index (χ3n) is 12.3. The molecule has 0 aromatic heterocycles. The van der Waals surface area contributed by atoms with Gasteiger partial charge in [-0.05, 0) is 38.5 Å². The van der Waals surface area contributed by atoms with Crippen LogP contribution in [-0.4, -0.2) is 70.0 Å². The quantitative estimate of drug-likeness (QED) is 0.0195. The van der Waals surface area contributed by atoms with Gasteiger partial charge in [-0.25, -0.2) is 0 Å². The summed E-state index contributed by atoms with van der Waals surface area (Å²) in [5, 5.41) is 0. The number of phosphoric acid groups is 1. The number of hydrogen-bond acceptors (Lipinski definition) is 8. The van der Waals surface area contributed by atoms with Crippen LogP contribution in [-0.2, 0) is 32.7 Å². The van der Waals surface area contributed by atoms with Crippen LogP contribution >= 0.6 is 7.82 Å². The molecule has 64 heavy (non-hydrogen) atoms. The second-order valence-electron chi connectivity index (χ2n) is 20.0. The molecule has 380 valence electrons. The van der Waals surface area contributed by atoms with Crippen LogP contribution in [0.3, 0.4) is 0 Å². The molecule has 9 nitrogen and oxygen atoms in total. The molecule has 10 heteroatoms. The van der Waals surface area contributed by atoms with Gasteiger partial charge in [-0.2, -0.15) is 0 Å². The number of nitrogens with zero attached hydrogens (tertiary/aromatic N) is 1. The maximum atomic E-state index is 12.8. The minimum atomic E-state index is -4.63. The number of carbonyl (C=O) groups is 2. The maximum absolute atomic E-state index is 12.8. The van der Waals surface area contributed by atoms with Gasteiger partial charge in [0.15, 0.2) is 6.10 Å². The Kier molecular flexibility index (Phi) is 45.9. The first-order chi connectivity index (χ1) is 31.0. The average molecular weight is 928 g/mol. The first kappa shape index (κ1) is 62.8. The summed E-state index contributed by atoms with van der Waals surface area (Å²) in [4.78, 5) is 37.8. The number of phosphoric ester groups is 1.